The fourth-order valence-corrected chi connectivity index (χ4v) is 3.23. The van der Waals surface area contributed by atoms with Gasteiger partial charge in [-0.3, -0.25) is 4.79 Å². The lowest BCUT2D eigenvalue weighted by molar-refractivity contribution is -0.117. The van der Waals surface area contributed by atoms with Crippen molar-refractivity contribution in [2.45, 2.75) is 19.8 Å². The topological polar surface area (TPSA) is 71.3 Å². The van der Waals surface area contributed by atoms with E-state index in [0.717, 1.165) is 12.8 Å². The Hall–Kier alpha value is -2.78. The number of carbonyl (C=O) groups excluding carboxylic acids is 1. The molecular weight excluding hydrogens is 420 g/mol. The van der Waals surface area contributed by atoms with Gasteiger partial charge in [-0.25, -0.2) is 0 Å². The lowest BCUT2D eigenvalue weighted by Crippen LogP contribution is -2.25. The molecule has 1 amide bonds. The number of amides is 1. The molecule has 2 rings (SSSR count). The number of nitriles is 1. The first-order chi connectivity index (χ1) is 13.6. The molecule has 0 bridgehead atoms. The fraction of sp³-hybridized carbons (Fsp3) is 0.273. The molecule has 0 heterocycles. The van der Waals surface area contributed by atoms with Crippen molar-refractivity contribution in [2.24, 2.45) is 0 Å². The predicted molar refractivity (Wildman–Crippen MR) is 113 cm³/mol. The fourth-order valence-electron chi connectivity index (χ4n) is 2.66. The first-order valence-corrected chi connectivity index (χ1v) is 9.82. The van der Waals surface area contributed by atoms with Gasteiger partial charge in [-0.15, -0.1) is 0 Å². The third-order valence-electron chi connectivity index (χ3n) is 3.99. The molecule has 0 fully saturated rings. The summed E-state index contributed by atoms with van der Waals surface area (Å²) >= 11 is 3.44. The number of benzene rings is 2. The van der Waals surface area contributed by atoms with Crippen LogP contribution in [0.25, 0.3) is 6.08 Å². The van der Waals surface area contributed by atoms with E-state index in [1.165, 1.54) is 11.6 Å². The standard InChI is InChI=1S/C22H23BrN2O3/c1-3-28-21-19(23)13-17(14-20(21)27-2)12-18(15-24)22(26)25-11-7-10-16-8-5-4-6-9-16/h4-6,8-9,12-14H,3,7,10-11H2,1-2H3,(H,25,26)/b18-12-. The molecule has 146 valence electrons. The zero-order valence-electron chi connectivity index (χ0n) is 16.0. The maximum atomic E-state index is 12.3. The predicted octanol–water partition coefficient (Wildman–Crippen LogP) is 4.51. The summed E-state index contributed by atoms with van der Waals surface area (Å²) in [6.07, 6.45) is 3.21. The molecule has 0 aliphatic carbocycles. The summed E-state index contributed by atoms with van der Waals surface area (Å²) in [7, 11) is 1.54. The Bertz CT molecular complexity index is 873. The van der Waals surface area contributed by atoms with Crippen LogP contribution in [0.3, 0.4) is 0 Å². The number of hydrogen-bond acceptors (Lipinski definition) is 4. The van der Waals surface area contributed by atoms with E-state index in [1.54, 1.807) is 19.2 Å². The molecule has 0 saturated heterocycles. The number of nitrogens with one attached hydrogen (secondary N) is 1. The molecule has 0 aromatic heterocycles. The van der Waals surface area contributed by atoms with E-state index in [0.29, 0.717) is 34.7 Å². The van der Waals surface area contributed by atoms with Gasteiger partial charge in [0.25, 0.3) is 5.91 Å². The molecule has 6 heteroatoms. The maximum absolute atomic E-state index is 12.3. The van der Waals surface area contributed by atoms with Crippen molar-refractivity contribution in [3.63, 3.8) is 0 Å². The minimum absolute atomic E-state index is 0.0397. The van der Waals surface area contributed by atoms with Crippen LogP contribution in [0.4, 0.5) is 0 Å². The third kappa shape index (κ3) is 6.14. The number of ether oxygens (including phenoxy) is 2. The van der Waals surface area contributed by atoms with Gasteiger partial charge >= 0.3 is 0 Å². The summed E-state index contributed by atoms with van der Waals surface area (Å²) in [6, 6.07) is 15.6. The van der Waals surface area contributed by atoms with Crippen LogP contribution in [0.1, 0.15) is 24.5 Å². The molecule has 0 unspecified atom stereocenters. The largest absolute Gasteiger partial charge is 0.493 e. The molecular formula is C22H23BrN2O3. The van der Waals surface area contributed by atoms with Crippen LogP contribution in [0, 0.1) is 11.3 Å². The Kier molecular flexibility index (Phi) is 8.57. The van der Waals surface area contributed by atoms with Crippen molar-refractivity contribution in [3.05, 3.63) is 63.6 Å². The van der Waals surface area contributed by atoms with E-state index in [1.807, 2.05) is 31.2 Å². The van der Waals surface area contributed by atoms with Gasteiger partial charge in [0, 0.05) is 6.54 Å². The van der Waals surface area contributed by atoms with Gasteiger partial charge in [-0.1, -0.05) is 30.3 Å². The average Bonchev–Trinajstić information content (AvgIpc) is 2.71. The van der Waals surface area contributed by atoms with Crippen molar-refractivity contribution in [1.29, 1.82) is 5.26 Å². The van der Waals surface area contributed by atoms with Gasteiger partial charge < -0.3 is 14.8 Å². The summed E-state index contributed by atoms with van der Waals surface area (Å²) in [5.41, 5.74) is 1.93. The highest BCUT2D eigenvalue weighted by molar-refractivity contribution is 9.10. The lowest BCUT2D eigenvalue weighted by Gasteiger charge is -2.12. The molecule has 2 aromatic rings. The quantitative estimate of drug-likeness (QED) is 0.352. The summed E-state index contributed by atoms with van der Waals surface area (Å²) in [5.74, 6) is 0.730. The number of carbonyl (C=O) groups is 1. The van der Waals surface area contributed by atoms with E-state index in [-0.39, 0.29) is 11.5 Å². The van der Waals surface area contributed by atoms with E-state index >= 15 is 0 Å². The Balaban J connectivity index is 2.03. The van der Waals surface area contributed by atoms with Gasteiger partial charge in [0.2, 0.25) is 0 Å². The van der Waals surface area contributed by atoms with E-state index < -0.39 is 0 Å². The SMILES string of the molecule is CCOc1c(Br)cc(/C=C(/C#N)C(=O)NCCCc2ccccc2)cc1OC. The Morgan fingerprint density at radius 3 is 2.68 bits per heavy atom. The highest BCUT2D eigenvalue weighted by atomic mass is 79.9. The third-order valence-corrected chi connectivity index (χ3v) is 4.58. The second kappa shape index (κ2) is 11.2. The maximum Gasteiger partial charge on any atom is 0.261 e. The molecule has 0 aliphatic heterocycles. The Morgan fingerprint density at radius 2 is 2.04 bits per heavy atom. The second-order valence-corrected chi connectivity index (χ2v) is 6.84. The van der Waals surface area contributed by atoms with Crippen LogP contribution in [0.2, 0.25) is 0 Å². The first-order valence-electron chi connectivity index (χ1n) is 9.03. The number of methoxy groups -OCH3 is 1. The van der Waals surface area contributed by atoms with Gasteiger partial charge in [-0.05, 0) is 65.0 Å². The van der Waals surface area contributed by atoms with Crippen LogP contribution in [-0.4, -0.2) is 26.2 Å². The summed E-state index contributed by atoms with van der Waals surface area (Å²) < 4.78 is 11.6. The van der Waals surface area contributed by atoms with E-state index in [2.05, 4.69) is 33.4 Å². The van der Waals surface area contributed by atoms with Crippen molar-refractivity contribution < 1.29 is 14.3 Å². The highest BCUT2D eigenvalue weighted by Crippen LogP contribution is 2.37. The normalized spacial score (nSPS) is 10.9. The summed E-state index contributed by atoms with van der Waals surface area (Å²) in [4.78, 5) is 12.3. The van der Waals surface area contributed by atoms with E-state index in [9.17, 15) is 10.1 Å². The highest BCUT2D eigenvalue weighted by Gasteiger charge is 2.13. The number of hydrogen-bond donors (Lipinski definition) is 1. The Morgan fingerprint density at radius 1 is 1.29 bits per heavy atom. The van der Waals surface area contributed by atoms with Gasteiger partial charge in [0.1, 0.15) is 11.6 Å². The van der Waals surface area contributed by atoms with Gasteiger partial charge in [-0.2, -0.15) is 5.26 Å². The molecule has 2 aromatic carbocycles. The second-order valence-electron chi connectivity index (χ2n) is 5.98. The molecule has 1 N–H and O–H groups in total. The molecule has 0 saturated carbocycles. The number of aryl methyl sites for hydroxylation is 1. The minimum Gasteiger partial charge on any atom is -0.493 e. The summed E-state index contributed by atoms with van der Waals surface area (Å²) in [6.45, 7) is 2.89. The van der Waals surface area contributed by atoms with Crippen molar-refractivity contribution in [2.75, 3.05) is 20.3 Å². The number of rotatable bonds is 9. The minimum atomic E-state index is -0.389. The molecule has 0 atom stereocenters. The van der Waals surface area contributed by atoms with E-state index in [4.69, 9.17) is 9.47 Å². The van der Waals surface area contributed by atoms with Crippen LogP contribution in [0.5, 0.6) is 11.5 Å². The first kappa shape index (κ1) is 21.5. The zero-order valence-corrected chi connectivity index (χ0v) is 17.6. The molecule has 0 radical (unpaired) electrons. The van der Waals surface area contributed by atoms with Crippen molar-refractivity contribution in [3.8, 4) is 17.6 Å². The zero-order chi connectivity index (χ0) is 20.4. The smallest absolute Gasteiger partial charge is 0.261 e. The molecule has 0 spiro atoms. The van der Waals surface area contributed by atoms with Crippen molar-refractivity contribution in [1.82, 2.24) is 5.32 Å². The van der Waals surface area contributed by atoms with Gasteiger partial charge in [0.15, 0.2) is 11.5 Å². The molecule has 28 heavy (non-hydrogen) atoms. The van der Waals surface area contributed by atoms with Crippen LogP contribution in [-0.2, 0) is 11.2 Å². The van der Waals surface area contributed by atoms with Crippen LogP contribution in [0.15, 0.2) is 52.5 Å². The molecule has 0 aliphatic rings. The number of halogens is 1. The monoisotopic (exact) mass is 442 g/mol. The van der Waals surface area contributed by atoms with Crippen LogP contribution >= 0.6 is 15.9 Å². The lowest BCUT2D eigenvalue weighted by atomic mass is 10.1. The molecule has 5 nitrogen and oxygen atoms in total. The Labute approximate surface area is 174 Å². The summed E-state index contributed by atoms with van der Waals surface area (Å²) in [5, 5.41) is 12.2. The van der Waals surface area contributed by atoms with Crippen LogP contribution < -0.4 is 14.8 Å². The number of nitrogens with zero attached hydrogens (tertiary/aromatic N) is 1. The van der Waals surface area contributed by atoms with Gasteiger partial charge in [0.05, 0.1) is 18.2 Å². The van der Waals surface area contributed by atoms with Crippen molar-refractivity contribution >= 4 is 27.9 Å². The average molecular weight is 443 g/mol.